The highest BCUT2D eigenvalue weighted by Crippen LogP contribution is 2.02. The molecule has 1 aliphatic heterocycles. The summed E-state index contributed by atoms with van der Waals surface area (Å²) in [7, 11) is -2.50. The van der Waals surface area contributed by atoms with Gasteiger partial charge in [0.05, 0.1) is 0 Å². The molecular formula is C5H7NO3S. The van der Waals surface area contributed by atoms with Crippen LogP contribution < -0.4 is 0 Å². The zero-order chi connectivity index (χ0) is 7.78. The average Bonchev–Trinajstić information content (AvgIpc) is 2.11. The van der Waals surface area contributed by atoms with Crippen molar-refractivity contribution in [1.29, 1.82) is 0 Å². The van der Waals surface area contributed by atoms with Gasteiger partial charge in [0.2, 0.25) is 0 Å². The van der Waals surface area contributed by atoms with Crippen molar-refractivity contribution >= 4 is 16.3 Å². The number of hydrogen-bond acceptors (Lipinski definition) is 3. The van der Waals surface area contributed by atoms with Crippen LogP contribution in [0.1, 0.15) is 0 Å². The van der Waals surface area contributed by atoms with Crippen molar-refractivity contribution in [2.24, 2.45) is 0 Å². The summed E-state index contributed by atoms with van der Waals surface area (Å²) in [5, 5.41) is -0.975. The second-order valence-electron chi connectivity index (χ2n) is 2.11. The van der Waals surface area contributed by atoms with E-state index in [4.69, 9.17) is 0 Å². The summed E-state index contributed by atoms with van der Waals surface area (Å²) in [5.41, 5.74) is 0. The molecule has 1 unspecified atom stereocenters. The van der Waals surface area contributed by atoms with Crippen molar-refractivity contribution in [2.75, 3.05) is 7.05 Å². The van der Waals surface area contributed by atoms with Gasteiger partial charge in [-0.3, -0.25) is 0 Å². The van der Waals surface area contributed by atoms with Crippen LogP contribution in [0.3, 0.4) is 0 Å². The first-order valence-electron chi connectivity index (χ1n) is 2.70. The molecule has 0 fully saturated rings. The lowest BCUT2D eigenvalue weighted by Crippen LogP contribution is -2.19. The summed E-state index contributed by atoms with van der Waals surface area (Å²) in [6.07, 6.45) is 4.24. The third-order valence-electron chi connectivity index (χ3n) is 1.23. The predicted octanol–water partition coefficient (Wildman–Crippen LogP) is -0.859. The Morgan fingerprint density at radius 3 is 2.40 bits per heavy atom. The molecular weight excluding hydrogens is 154 g/mol. The first-order valence-corrected chi connectivity index (χ1v) is 4.17. The van der Waals surface area contributed by atoms with E-state index in [2.05, 4.69) is 0 Å². The molecule has 0 aromatic rings. The molecule has 10 heavy (non-hydrogen) atoms. The molecule has 56 valence electrons. The predicted molar refractivity (Wildman–Crippen MR) is 34.9 cm³/mol. The lowest BCUT2D eigenvalue weighted by Gasteiger charge is -2.05. The molecule has 5 heteroatoms. The lowest BCUT2D eigenvalue weighted by atomic mass is 10.5. The fourth-order valence-electron chi connectivity index (χ4n) is 0.722. The SMILES string of the molecule is C[N+]1=CC(S(=O)(=O)[O-])C=C1. The molecule has 0 aromatic carbocycles. The van der Waals surface area contributed by atoms with Crippen LogP contribution in [0.15, 0.2) is 12.3 Å². The fraction of sp³-hybridized carbons (Fsp3) is 0.400. The monoisotopic (exact) mass is 161 g/mol. The topological polar surface area (TPSA) is 60.2 Å². The maximum Gasteiger partial charge on any atom is 0.166 e. The first-order chi connectivity index (χ1) is 4.50. The van der Waals surface area contributed by atoms with E-state index in [1.54, 1.807) is 17.8 Å². The molecule has 0 radical (unpaired) electrons. The van der Waals surface area contributed by atoms with Crippen LogP contribution in [0.4, 0.5) is 0 Å². The van der Waals surface area contributed by atoms with Crippen molar-refractivity contribution in [3.8, 4) is 0 Å². The summed E-state index contributed by atoms with van der Waals surface area (Å²) in [4.78, 5) is 0. The van der Waals surface area contributed by atoms with E-state index in [9.17, 15) is 13.0 Å². The molecule has 0 aliphatic carbocycles. The molecule has 4 nitrogen and oxygen atoms in total. The lowest BCUT2D eigenvalue weighted by molar-refractivity contribution is -0.413. The summed E-state index contributed by atoms with van der Waals surface area (Å²) in [5.74, 6) is 0. The number of nitrogens with zero attached hydrogens (tertiary/aromatic N) is 1. The molecule has 1 aliphatic rings. The van der Waals surface area contributed by atoms with E-state index in [1.165, 1.54) is 12.3 Å². The van der Waals surface area contributed by atoms with Crippen molar-refractivity contribution < 1.29 is 17.5 Å². The molecule has 0 bridgehead atoms. The minimum atomic E-state index is -4.17. The van der Waals surface area contributed by atoms with Crippen LogP contribution in [0.5, 0.6) is 0 Å². The van der Waals surface area contributed by atoms with Gasteiger partial charge in [0, 0.05) is 6.08 Å². The van der Waals surface area contributed by atoms with Gasteiger partial charge in [-0.05, 0) is 0 Å². The average molecular weight is 161 g/mol. The molecule has 0 aromatic heterocycles. The standard InChI is InChI=1S/C5H7NO3S/c1-6-3-2-5(4-6)10(7,8)9/h2-5H,1H3. The Bertz CT molecular complexity index is 288. The maximum absolute atomic E-state index is 10.3. The fourth-order valence-corrected chi connectivity index (χ4v) is 1.33. The normalized spacial score (nSPS) is 25.0. The van der Waals surface area contributed by atoms with Gasteiger partial charge in [-0.25, -0.2) is 13.0 Å². The Balaban J connectivity index is 2.93. The van der Waals surface area contributed by atoms with Gasteiger partial charge in [0.15, 0.2) is 17.7 Å². The molecule has 0 saturated heterocycles. The van der Waals surface area contributed by atoms with Crippen LogP contribution in [-0.2, 0) is 10.1 Å². The molecule has 0 spiro atoms. The van der Waals surface area contributed by atoms with Crippen molar-refractivity contribution in [3.05, 3.63) is 12.3 Å². The van der Waals surface area contributed by atoms with Gasteiger partial charge >= 0.3 is 0 Å². The van der Waals surface area contributed by atoms with Crippen LogP contribution in [0.2, 0.25) is 0 Å². The van der Waals surface area contributed by atoms with E-state index in [1.807, 2.05) is 0 Å². The summed E-state index contributed by atoms with van der Waals surface area (Å²) in [6.45, 7) is 0. The third-order valence-corrected chi connectivity index (χ3v) is 2.17. The highest BCUT2D eigenvalue weighted by molar-refractivity contribution is 7.87. The molecule has 1 atom stereocenters. The van der Waals surface area contributed by atoms with Crippen LogP contribution in [0.25, 0.3) is 0 Å². The zero-order valence-electron chi connectivity index (χ0n) is 5.39. The smallest absolute Gasteiger partial charge is 0.166 e. The van der Waals surface area contributed by atoms with E-state index >= 15 is 0 Å². The van der Waals surface area contributed by atoms with Crippen molar-refractivity contribution in [3.63, 3.8) is 0 Å². The molecule has 0 N–H and O–H groups in total. The molecule has 1 rings (SSSR count). The molecule has 0 saturated carbocycles. The van der Waals surface area contributed by atoms with E-state index in [0.717, 1.165) is 0 Å². The largest absolute Gasteiger partial charge is 0.747 e. The Labute approximate surface area is 59.2 Å². The summed E-state index contributed by atoms with van der Waals surface area (Å²) in [6, 6.07) is 0. The number of rotatable bonds is 1. The highest BCUT2D eigenvalue weighted by atomic mass is 32.2. The van der Waals surface area contributed by atoms with Crippen LogP contribution in [0, 0.1) is 0 Å². The van der Waals surface area contributed by atoms with Crippen LogP contribution >= 0.6 is 0 Å². The Morgan fingerprint density at radius 1 is 1.60 bits per heavy atom. The van der Waals surface area contributed by atoms with Crippen molar-refractivity contribution in [1.82, 2.24) is 0 Å². The highest BCUT2D eigenvalue weighted by Gasteiger charge is 2.19. The minimum Gasteiger partial charge on any atom is -0.747 e. The quantitative estimate of drug-likeness (QED) is 0.371. The van der Waals surface area contributed by atoms with Gasteiger partial charge < -0.3 is 4.55 Å². The van der Waals surface area contributed by atoms with Gasteiger partial charge in [0.25, 0.3) is 0 Å². The summed E-state index contributed by atoms with van der Waals surface area (Å²) < 4.78 is 32.5. The molecule has 0 amide bonds. The van der Waals surface area contributed by atoms with Gasteiger partial charge in [0.1, 0.15) is 17.2 Å². The van der Waals surface area contributed by atoms with E-state index < -0.39 is 15.4 Å². The minimum absolute atomic E-state index is 0.975. The maximum atomic E-state index is 10.3. The second-order valence-corrected chi connectivity index (χ2v) is 3.64. The zero-order valence-corrected chi connectivity index (χ0v) is 6.21. The van der Waals surface area contributed by atoms with Crippen molar-refractivity contribution in [2.45, 2.75) is 5.25 Å². The van der Waals surface area contributed by atoms with E-state index in [-0.39, 0.29) is 0 Å². The third kappa shape index (κ3) is 1.43. The second kappa shape index (κ2) is 2.17. The summed E-state index contributed by atoms with van der Waals surface area (Å²) >= 11 is 0. The van der Waals surface area contributed by atoms with E-state index in [0.29, 0.717) is 0 Å². The van der Waals surface area contributed by atoms with Gasteiger partial charge in [-0.15, -0.1) is 0 Å². The van der Waals surface area contributed by atoms with Gasteiger partial charge in [-0.2, -0.15) is 0 Å². The first kappa shape index (κ1) is 7.43. The Kier molecular flexibility index (Phi) is 1.61. The van der Waals surface area contributed by atoms with Crippen LogP contribution in [-0.4, -0.2) is 36.1 Å². The Morgan fingerprint density at radius 2 is 2.20 bits per heavy atom. The van der Waals surface area contributed by atoms with Gasteiger partial charge in [-0.1, -0.05) is 0 Å². The molecule has 1 heterocycles. The Hall–Kier alpha value is -0.680. The number of hydrogen-bond donors (Lipinski definition) is 0.